The molecule has 1 atom stereocenters. The van der Waals surface area contributed by atoms with Gasteiger partial charge in [-0.25, -0.2) is 0 Å². The molecule has 0 saturated carbocycles. The molecule has 0 aromatic rings. The minimum Gasteiger partial charge on any atom is -0.462 e. The Morgan fingerprint density at radius 3 is 0.950 bits per heavy atom. The van der Waals surface area contributed by atoms with Gasteiger partial charge >= 0.3 is 17.9 Å². The smallest absolute Gasteiger partial charge is 0.306 e. The number of rotatable bonds is 47. The molecule has 350 valence electrons. The maximum absolute atomic E-state index is 12.8. The molecule has 0 aromatic heterocycles. The number of unbranched alkanes of at least 4 members (excludes halogenated alkanes) is 30. The van der Waals surface area contributed by atoms with E-state index in [4.69, 9.17) is 14.2 Å². The standard InChI is InChI=1S/C54H98O6/c1-4-7-10-13-16-19-21-23-25-27-28-30-31-33-35-38-41-44-47-53(56)59-50-51(49-58-52(55)46-43-40-37-18-15-12-9-6-3)60-54(57)48-45-42-39-36-34-32-29-26-24-22-20-17-14-11-8-5-2/h19,21,25-27,29,51H,4-18,20,22-24,28,30-50H2,1-3H3/b21-19-,27-25-,29-26-. The van der Waals surface area contributed by atoms with Crippen molar-refractivity contribution >= 4 is 17.9 Å². The molecular weight excluding hydrogens is 745 g/mol. The second-order valence-corrected chi connectivity index (χ2v) is 17.4. The van der Waals surface area contributed by atoms with Crippen LogP contribution in [0.15, 0.2) is 36.5 Å². The monoisotopic (exact) mass is 843 g/mol. The van der Waals surface area contributed by atoms with Gasteiger partial charge in [-0.1, -0.05) is 211 Å². The van der Waals surface area contributed by atoms with Crippen LogP contribution < -0.4 is 0 Å². The summed E-state index contributed by atoms with van der Waals surface area (Å²) in [6.45, 7) is 6.59. The molecule has 0 saturated heterocycles. The number of carbonyl (C=O) groups excluding carboxylic acids is 3. The highest BCUT2D eigenvalue weighted by molar-refractivity contribution is 5.71. The van der Waals surface area contributed by atoms with Crippen LogP contribution >= 0.6 is 0 Å². The molecule has 0 N–H and O–H groups in total. The van der Waals surface area contributed by atoms with E-state index in [-0.39, 0.29) is 31.1 Å². The minimum atomic E-state index is -0.775. The predicted molar refractivity (Wildman–Crippen MR) is 256 cm³/mol. The van der Waals surface area contributed by atoms with Crippen molar-refractivity contribution in [1.82, 2.24) is 0 Å². The number of hydrogen-bond acceptors (Lipinski definition) is 6. The van der Waals surface area contributed by atoms with Crippen molar-refractivity contribution < 1.29 is 28.6 Å². The first-order valence-corrected chi connectivity index (χ1v) is 26.0. The lowest BCUT2D eigenvalue weighted by molar-refractivity contribution is -0.167. The summed E-state index contributed by atoms with van der Waals surface area (Å²) in [7, 11) is 0. The van der Waals surface area contributed by atoms with Gasteiger partial charge in [0.15, 0.2) is 6.10 Å². The molecule has 0 radical (unpaired) electrons. The van der Waals surface area contributed by atoms with Gasteiger partial charge in [0.25, 0.3) is 0 Å². The lowest BCUT2D eigenvalue weighted by atomic mass is 10.1. The summed E-state index contributed by atoms with van der Waals surface area (Å²) in [5, 5.41) is 0. The van der Waals surface area contributed by atoms with Gasteiger partial charge in [-0.15, -0.1) is 0 Å². The molecule has 0 aliphatic heterocycles. The van der Waals surface area contributed by atoms with Gasteiger partial charge in [0.2, 0.25) is 0 Å². The molecular formula is C54H98O6. The molecule has 6 nitrogen and oxygen atoms in total. The summed E-state index contributed by atoms with van der Waals surface area (Å²) in [6.07, 6.45) is 57.0. The molecule has 0 spiro atoms. The van der Waals surface area contributed by atoms with Crippen molar-refractivity contribution in [3.63, 3.8) is 0 Å². The predicted octanol–water partition coefficient (Wildman–Crippen LogP) is 16.9. The number of ether oxygens (including phenoxy) is 3. The maximum Gasteiger partial charge on any atom is 0.306 e. The van der Waals surface area contributed by atoms with E-state index >= 15 is 0 Å². The zero-order chi connectivity index (χ0) is 43.7. The van der Waals surface area contributed by atoms with Crippen LogP contribution in [0.4, 0.5) is 0 Å². The van der Waals surface area contributed by atoms with E-state index in [1.54, 1.807) is 0 Å². The molecule has 0 aliphatic rings. The van der Waals surface area contributed by atoms with Crippen LogP contribution in [0.2, 0.25) is 0 Å². The fourth-order valence-corrected chi connectivity index (χ4v) is 7.41. The average Bonchev–Trinajstić information content (AvgIpc) is 3.24. The van der Waals surface area contributed by atoms with E-state index < -0.39 is 6.10 Å². The fraction of sp³-hybridized carbons (Fsp3) is 0.833. The van der Waals surface area contributed by atoms with Crippen molar-refractivity contribution in [3.8, 4) is 0 Å². The van der Waals surface area contributed by atoms with Crippen molar-refractivity contribution in [2.24, 2.45) is 0 Å². The Morgan fingerprint density at radius 1 is 0.333 bits per heavy atom. The number of allylic oxidation sites excluding steroid dienone is 6. The Bertz CT molecular complexity index is 1020. The van der Waals surface area contributed by atoms with Crippen molar-refractivity contribution in [1.29, 1.82) is 0 Å². The van der Waals surface area contributed by atoms with Crippen LogP contribution in [0.3, 0.4) is 0 Å². The topological polar surface area (TPSA) is 78.9 Å². The Labute approximate surface area is 372 Å². The average molecular weight is 843 g/mol. The summed E-state index contributed by atoms with van der Waals surface area (Å²) >= 11 is 0. The van der Waals surface area contributed by atoms with Crippen LogP contribution in [0.25, 0.3) is 0 Å². The van der Waals surface area contributed by atoms with Crippen LogP contribution in [-0.4, -0.2) is 37.2 Å². The number of esters is 3. The first-order valence-electron chi connectivity index (χ1n) is 26.0. The molecule has 0 amide bonds. The van der Waals surface area contributed by atoms with Crippen molar-refractivity contribution in [3.05, 3.63) is 36.5 Å². The van der Waals surface area contributed by atoms with Gasteiger partial charge in [0.05, 0.1) is 0 Å². The molecule has 60 heavy (non-hydrogen) atoms. The van der Waals surface area contributed by atoms with Gasteiger partial charge in [0.1, 0.15) is 13.2 Å². The number of carbonyl (C=O) groups is 3. The number of hydrogen-bond donors (Lipinski definition) is 0. The molecule has 0 aliphatic carbocycles. The summed E-state index contributed by atoms with van der Waals surface area (Å²) < 4.78 is 16.7. The summed E-state index contributed by atoms with van der Waals surface area (Å²) in [5.41, 5.74) is 0. The first kappa shape index (κ1) is 57.6. The van der Waals surface area contributed by atoms with Crippen LogP contribution in [0, 0.1) is 0 Å². The second-order valence-electron chi connectivity index (χ2n) is 17.4. The van der Waals surface area contributed by atoms with Gasteiger partial charge in [0, 0.05) is 19.3 Å². The van der Waals surface area contributed by atoms with E-state index in [0.29, 0.717) is 19.3 Å². The SMILES string of the molecule is CCCCCC/C=C\C/C=C\CCCCCCCCCC(=O)OCC(COC(=O)CCCCCCCCCC)OC(=O)CCCCCCC/C=C\CCCCCCCCC. The highest BCUT2D eigenvalue weighted by Crippen LogP contribution is 2.15. The fourth-order valence-electron chi connectivity index (χ4n) is 7.41. The highest BCUT2D eigenvalue weighted by Gasteiger charge is 2.19. The zero-order valence-corrected chi connectivity index (χ0v) is 40.0. The molecule has 0 fully saturated rings. The Kier molecular flexibility index (Phi) is 47.3. The third-order valence-electron chi connectivity index (χ3n) is 11.4. The van der Waals surface area contributed by atoms with Gasteiger partial charge < -0.3 is 14.2 Å². The van der Waals surface area contributed by atoms with Gasteiger partial charge in [-0.2, -0.15) is 0 Å². The molecule has 1 unspecified atom stereocenters. The van der Waals surface area contributed by atoms with E-state index in [0.717, 1.165) is 77.0 Å². The first-order chi connectivity index (χ1) is 29.5. The van der Waals surface area contributed by atoms with E-state index in [1.807, 2.05) is 0 Å². The molecule has 0 bridgehead atoms. The van der Waals surface area contributed by atoms with Crippen LogP contribution in [0.5, 0.6) is 0 Å². The van der Waals surface area contributed by atoms with Crippen LogP contribution in [-0.2, 0) is 28.6 Å². The van der Waals surface area contributed by atoms with Crippen molar-refractivity contribution in [2.45, 2.75) is 277 Å². The Balaban J connectivity index is 4.29. The summed E-state index contributed by atoms with van der Waals surface area (Å²) in [6, 6.07) is 0. The van der Waals surface area contributed by atoms with E-state index in [2.05, 4.69) is 57.2 Å². The zero-order valence-electron chi connectivity index (χ0n) is 40.0. The van der Waals surface area contributed by atoms with Crippen LogP contribution in [0.1, 0.15) is 271 Å². The minimum absolute atomic E-state index is 0.0760. The van der Waals surface area contributed by atoms with E-state index in [1.165, 1.54) is 154 Å². The quantitative estimate of drug-likeness (QED) is 0.0263. The second kappa shape index (κ2) is 49.3. The van der Waals surface area contributed by atoms with Crippen molar-refractivity contribution in [2.75, 3.05) is 13.2 Å². The summed E-state index contributed by atoms with van der Waals surface area (Å²) in [4.78, 5) is 37.8. The van der Waals surface area contributed by atoms with Gasteiger partial charge in [-0.3, -0.25) is 14.4 Å². The third-order valence-corrected chi connectivity index (χ3v) is 11.4. The molecule has 0 rings (SSSR count). The Hall–Kier alpha value is -2.37. The highest BCUT2D eigenvalue weighted by atomic mass is 16.6. The normalized spacial score (nSPS) is 12.2. The third kappa shape index (κ3) is 46.7. The lowest BCUT2D eigenvalue weighted by Crippen LogP contribution is -2.30. The maximum atomic E-state index is 12.8. The lowest BCUT2D eigenvalue weighted by Gasteiger charge is -2.18. The summed E-state index contributed by atoms with van der Waals surface area (Å²) in [5.74, 6) is -0.888. The molecule has 6 heteroatoms. The van der Waals surface area contributed by atoms with Gasteiger partial charge in [-0.05, 0) is 77.0 Å². The molecule has 0 heterocycles. The van der Waals surface area contributed by atoms with E-state index in [9.17, 15) is 14.4 Å². The largest absolute Gasteiger partial charge is 0.462 e. The Morgan fingerprint density at radius 2 is 0.600 bits per heavy atom. The molecule has 0 aromatic carbocycles.